The molecule has 0 fully saturated rings. The van der Waals surface area contributed by atoms with E-state index in [-0.39, 0.29) is 6.61 Å². The molecule has 0 aliphatic heterocycles. The van der Waals surface area contributed by atoms with Gasteiger partial charge in [-0.1, -0.05) is 25.0 Å². The standard InChI is InChI=1S/C17H29NO3/c1-4-5-14(8-9-19)11-18-12-16(20)15-10-13(2)6-7-17(15)21-3/h6-7,10,14,16,18-20H,4-5,8-9,11-12H2,1-3H3. The lowest BCUT2D eigenvalue weighted by Gasteiger charge is -2.19. The molecule has 1 aromatic rings. The van der Waals surface area contributed by atoms with Gasteiger partial charge in [0.15, 0.2) is 0 Å². The van der Waals surface area contributed by atoms with Crippen LogP contribution in [0.4, 0.5) is 0 Å². The summed E-state index contributed by atoms with van der Waals surface area (Å²) < 4.78 is 5.31. The molecule has 3 N–H and O–H groups in total. The van der Waals surface area contributed by atoms with Crippen molar-refractivity contribution in [3.63, 3.8) is 0 Å². The lowest BCUT2D eigenvalue weighted by atomic mass is 10.00. The molecule has 0 aromatic heterocycles. The molecular weight excluding hydrogens is 266 g/mol. The van der Waals surface area contributed by atoms with E-state index in [0.29, 0.717) is 12.5 Å². The van der Waals surface area contributed by atoms with E-state index in [2.05, 4.69) is 12.2 Å². The molecule has 1 aromatic carbocycles. The van der Waals surface area contributed by atoms with Crippen molar-refractivity contribution >= 4 is 0 Å². The van der Waals surface area contributed by atoms with E-state index in [4.69, 9.17) is 9.84 Å². The average molecular weight is 295 g/mol. The number of hydrogen-bond donors (Lipinski definition) is 3. The van der Waals surface area contributed by atoms with Crippen LogP contribution in [0.2, 0.25) is 0 Å². The first-order valence-corrected chi connectivity index (χ1v) is 7.76. The fraction of sp³-hybridized carbons (Fsp3) is 0.647. The van der Waals surface area contributed by atoms with Crippen LogP contribution in [-0.4, -0.2) is 37.0 Å². The van der Waals surface area contributed by atoms with Crippen molar-refractivity contribution in [3.8, 4) is 5.75 Å². The zero-order chi connectivity index (χ0) is 15.7. The summed E-state index contributed by atoms with van der Waals surface area (Å²) >= 11 is 0. The topological polar surface area (TPSA) is 61.7 Å². The van der Waals surface area contributed by atoms with Crippen molar-refractivity contribution in [3.05, 3.63) is 29.3 Å². The molecule has 0 saturated heterocycles. The van der Waals surface area contributed by atoms with Crippen LogP contribution in [-0.2, 0) is 0 Å². The summed E-state index contributed by atoms with van der Waals surface area (Å²) in [5.74, 6) is 1.18. The number of ether oxygens (including phenoxy) is 1. The third-order valence-corrected chi connectivity index (χ3v) is 3.75. The summed E-state index contributed by atoms with van der Waals surface area (Å²) in [5.41, 5.74) is 1.92. The lowest BCUT2D eigenvalue weighted by Crippen LogP contribution is -2.28. The maximum Gasteiger partial charge on any atom is 0.124 e. The van der Waals surface area contributed by atoms with Crippen LogP contribution < -0.4 is 10.1 Å². The van der Waals surface area contributed by atoms with Gasteiger partial charge in [0.1, 0.15) is 5.75 Å². The van der Waals surface area contributed by atoms with Crippen molar-refractivity contribution in [2.75, 3.05) is 26.8 Å². The minimum Gasteiger partial charge on any atom is -0.496 e. The SMILES string of the molecule is CCCC(CCO)CNCC(O)c1cc(C)ccc1OC. The highest BCUT2D eigenvalue weighted by molar-refractivity contribution is 5.38. The Kier molecular flexibility index (Phi) is 8.35. The van der Waals surface area contributed by atoms with Crippen LogP contribution in [0, 0.1) is 12.8 Å². The zero-order valence-corrected chi connectivity index (χ0v) is 13.4. The van der Waals surface area contributed by atoms with Gasteiger partial charge in [-0.2, -0.15) is 0 Å². The fourth-order valence-electron chi connectivity index (χ4n) is 2.59. The van der Waals surface area contributed by atoms with Crippen molar-refractivity contribution in [1.29, 1.82) is 0 Å². The lowest BCUT2D eigenvalue weighted by molar-refractivity contribution is 0.166. The van der Waals surface area contributed by atoms with Gasteiger partial charge < -0.3 is 20.3 Å². The Bertz CT molecular complexity index is 403. The predicted molar refractivity (Wildman–Crippen MR) is 85.7 cm³/mol. The third-order valence-electron chi connectivity index (χ3n) is 3.75. The molecule has 0 amide bonds. The highest BCUT2D eigenvalue weighted by Crippen LogP contribution is 2.25. The van der Waals surface area contributed by atoms with E-state index in [0.717, 1.165) is 42.7 Å². The molecule has 1 rings (SSSR count). The molecule has 0 radical (unpaired) electrons. The van der Waals surface area contributed by atoms with Crippen LogP contribution in [0.15, 0.2) is 18.2 Å². The van der Waals surface area contributed by atoms with Gasteiger partial charge in [0, 0.05) is 18.7 Å². The van der Waals surface area contributed by atoms with Crippen LogP contribution in [0.5, 0.6) is 5.75 Å². The highest BCUT2D eigenvalue weighted by atomic mass is 16.5. The molecule has 0 aliphatic carbocycles. The van der Waals surface area contributed by atoms with Gasteiger partial charge in [0.05, 0.1) is 13.2 Å². The summed E-state index contributed by atoms with van der Waals surface area (Å²) in [7, 11) is 1.62. The molecule has 4 nitrogen and oxygen atoms in total. The van der Waals surface area contributed by atoms with E-state index in [1.807, 2.05) is 25.1 Å². The minimum atomic E-state index is -0.587. The molecule has 0 spiro atoms. The normalized spacial score (nSPS) is 14.0. The summed E-state index contributed by atoms with van der Waals surface area (Å²) in [6.07, 6.45) is 2.43. The van der Waals surface area contributed by atoms with Gasteiger partial charge >= 0.3 is 0 Å². The van der Waals surface area contributed by atoms with Gasteiger partial charge in [-0.05, 0) is 44.4 Å². The van der Waals surface area contributed by atoms with Crippen molar-refractivity contribution < 1.29 is 14.9 Å². The molecule has 0 bridgehead atoms. The van der Waals surface area contributed by atoms with Crippen LogP contribution in [0.1, 0.15) is 43.4 Å². The van der Waals surface area contributed by atoms with Crippen molar-refractivity contribution in [1.82, 2.24) is 5.32 Å². The summed E-state index contributed by atoms with van der Waals surface area (Å²) in [6, 6.07) is 5.82. The summed E-state index contributed by atoms with van der Waals surface area (Å²) in [4.78, 5) is 0. The quantitative estimate of drug-likeness (QED) is 0.620. The Balaban J connectivity index is 2.53. The molecule has 0 saturated carbocycles. The fourth-order valence-corrected chi connectivity index (χ4v) is 2.59. The predicted octanol–water partition coefficient (Wildman–Crippen LogP) is 2.43. The first kappa shape index (κ1) is 18.0. The number of aliphatic hydroxyl groups excluding tert-OH is 2. The Morgan fingerprint density at radius 3 is 2.62 bits per heavy atom. The number of aryl methyl sites for hydroxylation is 1. The van der Waals surface area contributed by atoms with Gasteiger partial charge in [-0.25, -0.2) is 0 Å². The molecule has 4 heteroatoms. The van der Waals surface area contributed by atoms with Gasteiger partial charge in [0.2, 0.25) is 0 Å². The summed E-state index contributed by atoms with van der Waals surface area (Å²) in [5, 5.41) is 22.7. The maximum atomic E-state index is 10.3. The van der Waals surface area contributed by atoms with E-state index < -0.39 is 6.10 Å². The highest BCUT2D eigenvalue weighted by Gasteiger charge is 2.14. The van der Waals surface area contributed by atoms with Crippen molar-refractivity contribution in [2.45, 2.75) is 39.2 Å². The third kappa shape index (κ3) is 6.04. The number of benzene rings is 1. The molecule has 21 heavy (non-hydrogen) atoms. The number of rotatable bonds is 10. The second kappa shape index (κ2) is 9.77. The minimum absolute atomic E-state index is 0.223. The maximum absolute atomic E-state index is 10.3. The first-order valence-electron chi connectivity index (χ1n) is 7.76. The number of nitrogens with one attached hydrogen (secondary N) is 1. The largest absolute Gasteiger partial charge is 0.496 e. The van der Waals surface area contributed by atoms with E-state index in [9.17, 15) is 5.11 Å². The molecule has 2 unspecified atom stereocenters. The number of hydrogen-bond acceptors (Lipinski definition) is 4. The van der Waals surface area contributed by atoms with Gasteiger partial charge in [-0.3, -0.25) is 0 Å². The van der Waals surface area contributed by atoms with Gasteiger partial charge in [-0.15, -0.1) is 0 Å². The van der Waals surface area contributed by atoms with Crippen molar-refractivity contribution in [2.24, 2.45) is 5.92 Å². The van der Waals surface area contributed by atoms with Crippen LogP contribution in [0.25, 0.3) is 0 Å². The van der Waals surface area contributed by atoms with E-state index in [1.54, 1.807) is 7.11 Å². The number of methoxy groups -OCH3 is 1. The van der Waals surface area contributed by atoms with E-state index in [1.165, 1.54) is 0 Å². The molecule has 0 heterocycles. The Morgan fingerprint density at radius 2 is 2.00 bits per heavy atom. The Labute approximate surface area is 128 Å². The smallest absolute Gasteiger partial charge is 0.124 e. The first-order chi connectivity index (χ1) is 10.1. The molecule has 2 atom stereocenters. The average Bonchev–Trinajstić information content (AvgIpc) is 2.47. The monoisotopic (exact) mass is 295 g/mol. The second-order valence-corrected chi connectivity index (χ2v) is 5.59. The zero-order valence-electron chi connectivity index (χ0n) is 13.4. The molecule has 120 valence electrons. The molecular formula is C17H29NO3. The van der Waals surface area contributed by atoms with Gasteiger partial charge in [0.25, 0.3) is 0 Å². The van der Waals surface area contributed by atoms with Crippen LogP contribution in [0.3, 0.4) is 0 Å². The number of aliphatic hydroxyl groups is 2. The van der Waals surface area contributed by atoms with E-state index >= 15 is 0 Å². The van der Waals surface area contributed by atoms with Crippen LogP contribution >= 0.6 is 0 Å². The summed E-state index contributed by atoms with van der Waals surface area (Å²) in [6.45, 7) is 5.68. The Hall–Kier alpha value is -1.10. The Morgan fingerprint density at radius 1 is 1.24 bits per heavy atom. The second-order valence-electron chi connectivity index (χ2n) is 5.59. The molecule has 0 aliphatic rings.